The Balaban J connectivity index is 2.39. The Bertz CT molecular complexity index is 377. The van der Waals surface area contributed by atoms with Gasteiger partial charge in [0, 0.05) is 31.3 Å². The van der Waals surface area contributed by atoms with Gasteiger partial charge in [0.1, 0.15) is 5.84 Å². The Kier molecular flexibility index (Phi) is 5.87. The zero-order valence-electron chi connectivity index (χ0n) is 10.9. The van der Waals surface area contributed by atoms with Crippen molar-refractivity contribution < 1.29 is 13.6 Å². The van der Waals surface area contributed by atoms with Crippen molar-refractivity contribution in [2.45, 2.75) is 38.6 Å². The summed E-state index contributed by atoms with van der Waals surface area (Å²) in [6, 6.07) is 0.480. The first kappa shape index (κ1) is 15.2. The van der Waals surface area contributed by atoms with E-state index in [1.54, 1.807) is 0 Å². The van der Waals surface area contributed by atoms with Crippen molar-refractivity contribution in [1.29, 1.82) is 0 Å². The van der Waals surface area contributed by atoms with Crippen LogP contribution in [0, 0.1) is 0 Å². The first-order chi connectivity index (χ1) is 8.48. The van der Waals surface area contributed by atoms with Crippen LogP contribution >= 0.6 is 0 Å². The highest BCUT2D eigenvalue weighted by Crippen LogP contribution is 2.26. The number of hydrogen-bond donors (Lipinski definition) is 2. The lowest BCUT2D eigenvalue weighted by molar-refractivity contribution is 0.282. The van der Waals surface area contributed by atoms with Crippen LogP contribution in [0.1, 0.15) is 32.6 Å². The van der Waals surface area contributed by atoms with Crippen LogP contribution in [0.3, 0.4) is 0 Å². The van der Waals surface area contributed by atoms with Gasteiger partial charge < -0.3 is 10.9 Å². The fourth-order valence-electron chi connectivity index (χ4n) is 1.89. The largest absolute Gasteiger partial charge is 0.409 e. The van der Waals surface area contributed by atoms with Crippen LogP contribution in [0.15, 0.2) is 5.16 Å². The summed E-state index contributed by atoms with van der Waals surface area (Å²) in [7, 11) is -2.93. The Hall–Kier alpha value is -0.820. The molecule has 0 heterocycles. The monoisotopic (exact) mass is 277 g/mol. The van der Waals surface area contributed by atoms with Gasteiger partial charge in [-0.3, -0.25) is 4.90 Å². The smallest absolute Gasteiger partial charge is 0.151 e. The van der Waals surface area contributed by atoms with Crippen molar-refractivity contribution in [3.05, 3.63) is 0 Å². The topological polar surface area (TPSA) is 96.0 Å². The average Bonchev–Trinajstić information content (AvgIpc) is 3.12. The number of nitrogens with two attached hydrogens (primary N) is 1. The Morgan fingerprint density at radius 1 is 1.39 bits per heavy atom. The summed E-state index contributed by atoms with van der Waals surface area (Å²) >= 11 is 0. The zero-order chi connectivity index (χ0) is 13.6. The highest BCUT2D eigenvalue weighted by atomic mass is 32.2. The summed E-state index contributed by atoms with van der Waals surface area (Å²) < 4.78 is 23.3. The van der Waals surface area contributed by atoms with E-state index in [2.05, 4.69) is 10.1 Å². The lowest BCUT2D eigenvalue weighted by Gasteiger charge is -2.21. The van der Waals surface area contributed by atoms with E-state index in [4.69, 9.17) is 10.9 Å². The van der Waals surface area contributed by atoms with Crippen LogP contribution in [-0.4, -0.2) is 55.0 Å². The summed E-state index contributed by atoms with van der Waals surface area (Å²) in [5.41, 5.74) is 5.43. The third kappa shape index (κ3) is 5.68. The summed E-state index contributed by atoms with van der Waals surface area (Å²) in [5, 5.41) is 11.4. The number of amidine groups is 1. The lowest BCUT2D eigenvalue weighted by Crippen LogP contribution is -2.34. The SMILES string of the molecule is CCCS(=O)(=O)CCN(CCC(N)=NO)C1CC1. The van der Waals surface area contributed by atoms with E-state index in [0.717, 1.165) is 12.8 Å². The minimum absolute atomic E-state index is 0.192. The Morgan fingerprint density at radius 2 is 2.06 bits per heavy atom. The Morgan fingerprint density at radius 3 is 2.56 bits per heavy atom. The van der Waals surface area contributed by atoms with Crippen LogP contribution in [0.4, 0.5) is 0 Å². The second-order valence-electron chi connectivity index (χ2n) is 4.76. The molecule has 0 aromatic carbocycles. The fourth-order valence-corrected chi connectivity index (χ4v) is 3.23. The van der Waals surface area contributed by atoms with E-state index in [0.29, 0.717) is 32.0 Å². The first-order valence-corrected chi connectivity index (χ1v) is 8.21. The molecule has 6 nitrogen and oxygen atoms in total. The first-order valence-electron chi connectivity index (χ1n) is 6.39. The molecule has 0 aromatic heterocycles. The van der Waals surface area contributed by atoms with Crippen molar-refractivity contribution in [3.8, 4) is 0 Å². The van der Waals surface area contributed by atoms with Gasteiger partial charge in [-0.15, -0.1) is 0 Å². The van der Waals surface area contributed by atoms with Crippen molar-refractivity contribution in [3.63, 3.8) is 0 Å². The van der Waals surface area contributed by atoms with Crippen LogP contribution in [0.25, 0.3) is 0 Å². The van der Waals surface area contributed by atoms with Gasteiger partial charge in [-0.2, -0.15) is 0 Å². The third-order valence-corrected chi connectivity index (χ3v) is 4.89. The second kappa shape index (κ2) is 6.94. The van der Waals surface area contributed by atoms with Crippen LogP contribution in [-0.2, 0) is 9.84 Å². The van der Waals surface area contributed by atoms with E-state index in [1.807, 2.05) is 6.92 Å². The van der Waals surface area contributed by atoms with E-state index < -0.39 is 9.84 Å². The summed E-state index contributed by atoms with van der Waals surface area (Å²) in [5.74, 6) is 0.649. The van der Waals surface area contributed by atoms with Crippen LogP contribution in [0.5, 0.6) is 0 Å². The van der Waals surface area contributed by atoms with E-state index >= 15 is 0 Å². The van der Waals surface area contributed by atoms with Gasteiger partial charge in [0.15, 0.2) is 9.84 Å². The van der Waals surface area contributed by atoms with Gasteiger partial charge in [-0.25, -0.2) is 8.42 Å². The van der Waals surface area contributed by atoms with E-state index in [-0.39, 0.29) is 17.3 Å². The maximum Gasteiger partial charge on any atom is 0.151 e. The highest BCUT2D eigenvalue weighted by Gasteiger charge is 2.29. The Labute approximate surface area is 109 Å². The molecule has 0 atom stereocenters. The molecule has 0 aromatic rings. The summed E-state index contributed by atoms with van der Waals surface area (Å²) in [4.78, 5) is 2.13. The quantitative estimate of drug-likeness (QED) is 0.275. The molecular formula is C11H23N3O3S. The maximum absolute atomic E-state index is 11.7. The molecule has 1 aliphatic rings. The number of oxime groups is 1. The van der Waals surface area contributed by atoms with Crippen molar-refractivity contribution in [2.75, 3.05) is 24.6 Å². The molecule has 3 N–H and O–H groups in total. The predicted octanol–water partition coefficient (Wildman–Crippen LogP) is 0.412. The number of rotatable bonds is 9. The molecule has 0 aliphatic heterocycles. The number of sulfone groups is 1. The van der Waals surface area contributed by atoms with Crippen molar-refractivity contribution in [2.24, 2.45) is 10.9 Å². The normalized spacial score (nSPS) is 17.3. The molecule has 0 unspecified atom stereocenters. The molecule has 0 bridgehead atoms. The third-order valence-electron chi connectivity index (χ3n) is 3.05. The molecule has 18 heavy (non-hydrogen) atoms. The number of hydrogen-bond acceptors (Lipinski definition) is 5. The molecule has 106 valence electrons. The van der Waals surface area contributed by atoms with Crippen molar-refractivity contribution >= 4 is 15.7 Å². The minimum atomic E-state index is -2.93. The molecule has 0 spiro atoms. The highest BCUT2D eigenvalue weighted by molar-refractivity contribution is 7.91. The van der Waals surface area contributed by atoms with Gasteiger partial charge in [0.25, 0.3) is 0 Å². The minimum Gasteiger partial charge on any atom is -0.409 e. The fraction of sp³-hybridized carbons (Fsp3) is 0.909. The van der Waals surface area contributed by atoms with Crippen LogP contribution < -0.4 is 5.73 Å². The zero-order valence-corrected chi connectivity index (χ0v) is 11.7. The standard InChI is InChI=1S/C11H23N3O3S/c1-2-8-18(16,17)9-7-14(10-3-4-10)6-5-11(12)13-15/h10,15H,2-9H2,1H3,(H2,12,13). The second-order valence-corrected chi connectivity index (χ2v) is 7.06. The van der Waals surface area contributed by atoms with Gasteiger partial charge in [0.2, 0.25) is 0 Å². The average molecular weight is 277 g/mol. The molecule has 1 saturated carbocycles. The number of nitrogens with zero attached hydrogens (tertiary/aromatic N) is 2. The van der Waals surface area contributed by atoms with E-state index in [1.165, 1.54) is 0 Å². The van der Waals surface area contributed by atoms with Gasteiger partial charge in [-0.1, -0.05) is 12.1 Å². The molecule has 1 rings (SSSR count). The molecule has 7 heteroatoms. The van der Waals surface area contributed by atoms with Gasteiger partial charge in [-0.05, 0) is 19.3 Å². The summed E-state index contributed by atoms with van der Waals surface area (Å²) in [6.45, 7) is 3.07. The van der Waals surface area contributed by atoms with Crippen LogP contribution in [0.2, 0.25) is 0 Å². The molecule has 1 aliphatic carbocycles. The molecular weight excluding hydrogens is 254 g/mol. The summed E-state index contributed by atoms with van der Waals surface area (Å²) in [6.07, 6.45) is 3.37. The molecule has 0 saturated heterocycles. The van der Waals surface area contributed by atoms with Gasteiger partial charge >= 0.3 is 0 Å². The molecule has 0 radical (unpaired) electrons. The van der Waals surface area contributed by atoms with Crippen molar-refractivity contribution in [1.82, 2.24) is 4.90 Å². The van der Waals surface area contributed by atoms with Gasteiger partial charge in [0.05, 0.1) is 5.75 Å². The molecule has 1 fully saturated rings. The lowest BCUT2D eigenvalue weighted by atomic mass is 10.3. The molecule has 0 amide bonds. The maximum atomic E-state index is 11.7. The predicted molar refractivity (Wildman–Crippen MR) is 71.6 cm³/mol. The van der Waals surface area contributed by atoms with E-state index in [9.17, 15) is 8.42 Å².